The summed E-state index contributed by atoms with van der Waals surface area (Å²) >= 11 is 0. The zero-order chi connectivity index (χ0) is 40.3. The summed E-state index contributed by atoms with van der Waals surface area (Å²) in [7, 11) is 0. The molecule has 9 aromatic carbocycles. The minimum Gasteiger partial charge on any atom is -0.309 e. The van der Waals surface area contributed by atoms with Gasteiger partial charge in [0.1, 0.15) is 0 Å². The van der Waals surface area contributed by atoms with Gasteiger partial charge >= 0.3 is 0 Å². The lowest BCUT2D eigenvalue weighted by Crippen LogP contribution is -2.18. The van der Waals surface area contributed by atoms with Crippen molar-refractivity contribution in [3.63, 3.8) is 0 Å². The third-order valence-electron chi connectivity index (χ3n) is 13.8. The Morgan fingerprint density at radius 2 is 0.967 bits per heavy atom. The zero-order valence-corrected chi connectivity index (χ0v) is 34.4. The molecule has 60 heavy (non-hydrogen) atoms. The van der Waals surface area contributed by atoms with Gasteiger partial charge in [-0.05, 0) is 92.5 Å². The zero-order valence-electron chi connectivity index (χ0n) is 34.4. The summed E-state index contributed by atoms with van der Waals surface area (Å²) in [5, 5.41) is 4.93. The molecule has 0 fully saturated rings. The SMILES string of the molecule is CC1(C)c2ccccc2-c2ccc(N(c3cccc4c3-c3ccccc3C4(C)C)c3ccc(-n4c5ccccc5c5c(-c6ccccc6)cccc54)c4ccccc34)cc21. The quantitative estimate of drug-likeness (QED) is 0.169. The maximum absolute atomic E-state index is 2.56. The van der Waals surface area contributed by atoms with Crippen LogP contribution in [0.4, 0.5) is 17.1 Å². The van der Waals surface area contributed by atoms with Gasteiger partial charge in [-0.3, -0.25) is 0 Å². The summed E-state index contributed by atoms with van der Waals surface area (Å²) in [4.78, 5) is 2.56. The normalized spacial score (nSPS) is 14.3. The van der Waals surface area contributed by atoms with Gasteiger partial charge < -0.3 is 9.47 Å². The van der Waals surface area contributed by atoms with Crippen molar-refractivity contribution in [1.29, 1.82) is 0 Å². The van der Waals surface area contributed by atoms with Crippen LogP contribution in [0.2, 0.25) is 0 Å². The van der Waals surface area contributed by atoms with Crippen molar-refractivity contribution in [3.05, 3.63) is 216 Å². The lowest BCUT2D eigenvalue weighted by molar-refractivity contribution is 0.660. The fourth-order valence-electron chi connectivity index (χ4n) is 11.0. The van der Waals surface area contributed by atoms with Crippen LogP contribution in [0.1, 0.15) is 49.9 Å². The van der Waals surface area contributed by atoms with Crippen LogP contribution in [0, 0.1) is 0 Å². The molecule has 10 aromatic rings. The van der Waals surface area contributed by atoms with E-state index in [1.807, 2.05) is 0 Å². The monoisotopic (exact) mass is 768 g/mol. The van der Waals surface area contributed by atoms with Gasteiger partial charge in [0.05, 0.1) is 28.1 Å². The van der Waals surface area contributed by atoms with Gasteiger partial charge in [-0.1, -0.05) is 179 Å². The maximum atomic E-state index is 2.56. The predicted octanol–water partition coefficient (Wildman–Crippen LogP) is 15.7. The molecule has 0 saturated carbocycles. The number of nitrogens with zero attached hydrogens (tertiary/aromatic N) is 2. The molecule has 12 rings (SSSR count). The highest BCUT2D eigenvalue weighted by molar-refractivity contribution is 6.17. The Labute approximate surface area is 351 Å². The van der Waals surface area contributed by atoms with Crippen LogP contribution >= 0.6 is 0 Å². The summed E-state index contributed by atoms with van der Waals surface area (Å²) in [5.41, 5.74) is 20.1. The molecule has 0 aliphatic heterocycles. The molecular formula is C58H44N2. The Kier molecular flexibility index (Phi) is 7.36. The molecule has 0 atom stereocenters. The van der Waals surface area contributed by atoms with E-state index >= 15 is 0 Å². The second-order valence-corrected chi connectivity index (χ2v) is 17.7. The van der Waals surface area contributed by atoms with Crippen molar-refractivity contribution < 1.29 is 0 Å². The third-order valence-corrected chi connectivity index (χ3v) is 13.8. The molecule has 0 unspecified atom stereocenters. The van der Waals surface area contributed by atoms with E-state index in [0.29, 0.717) is 0 Å². The van der Waals surface area contributed by atoms with Gasteiger partial charge in [-0.25, -0.2) is 0 Å². The first-order chi connectivity index (χ1) is 29.3. The fourth-order valence-corrected chi connectivity index (χ4v) is 11.0. The molecule has 0 amide bonds. The first kappa shape index (κ1) is 34.8. The summed E-state index contributed by atoms with van der Waals surface area (Å²) in [6.07, 6.45) is 0. The van der Waals surface area contributed by atoms with E-state index in [1.165, 1.54) is 99.6 Å². The fraction of sp³-hybridized carbons (Fsp3) is 0.103. The summed E-state index contributed by atoms with van der Waals surface area (Å²) < 4.78 is 2.49. The second-order valence-electron chi connectivity index (χ2n) is 17.7. The van der Waals surface area contributed by atoms with Gasteiger partial charge in [-0.15, -0.1) is 0 Å². The molecule has 1 heterocycles. The van der Waals surface area contributed by atoms with Crippen LogP contribution in [0.15, 0.2) is 194 Å². The summed E-state index contributed by atoms with van der Waals surface area (Å²) in [6, 6.07) is 72.3. The molecule has 2 nitrogen and oxygen atoms in total. The average molecular weight is 769 g/mol. The van der Waals surface area contributed by atoms with Gasteiger partial charge in [0.25, 0.3) is 0 Å². The molecule has 2 aliphatic rings. The number of para-hydroxylation sites is 1. The second kappa shape index (κ2) is 12.7. The van der Waals surface area contributed by atoms with Crippen molar-refractivity contribution >= 4 is 49.6 Å². The van der Waals surface area contributed by atoms with Gasteiger partial charge in [0.15, 0.2) is 0 Å². The number of anilines is 3. The standard InChI is InChI=1S/C58H44N2/c1-57(2)47-27-14-11-23-44(47)56-48(57)28-17-31-54(56)59(38-32-33-41-40-20-10-13-26-46(40)58(3,4)49(41)36-38)51-34-35-52(43-22-9-8-21-42(43)51)60-50-29-15-12-24-45(50)55-39(25-16-30-53(55)60)37-18-6-5-7-19-37/h5-36H,1-4H3. The predicted molar refractivity (Wildman–Crippen MR) is 254 cm³/mol. The van der Waals surface area contributed by atoms with E-state index in [0.717, 1.165) is 11.4 Å². The summed E-state index contributed by atoms with van der Waals surface area (Å²) in [5.74, 6) is 0. The molecule has 2 aliphatic carbocycles. The summed E-state index contributed by atoms with van der Waals surface area (Å²) in [6.45, 7) is 9.51. The molecular weight excluding hydrogens is 725 g/mol. The Morgan fingerprint density at radius 1 is 0.383 bits per heavy atom. The van der Waals surface area contributed by atoms with Crippen LogP contribution in [0.25, 0.3) is 71.6 Å². The van der Waals surface area contributed by atoms with E-state index in [9.17, 15) is 0 Å². The minimum atomic E-state index is -0.137. The largest absolute Gasteiger partial charge is 0.309 e. The Bertz CT molecular complexity index is 3380. The van der Waals surface area contributed by atoms with Gasteiger partial charge in [-0.2, -0.15) is 0 Å². The first-order valence-corrected chi connectivity index (χ1v) is 21.2. The van der Waals surface area contributed by atoms with Gasteiger partial charge in [0, 0.05) is 43.6 Å². The number of rotatable bonds is 5. The average Bonchev–Trinajstić information content (AvgIpc) is 3.84. The highest BCUT2D eigenvalue weighted by Gasteiger charge is 2.39. The van der Waals surface area contributed by atoms with Gasteiger partial charge in [0.2, 0.25) is 0 Å². The van der Waals surface area contributed by atoms with E-state index < -0.39 is 0 Å². The molecule has 0 spiro atoms. The topological polar surface area (TPSA) is 8.17 Å². The van der Waals surface area contributed by atoms with Crippen molar-refractivity contribution in [2.75, 3.05) is 4.90 Å². The molecule has 0 saturated heterocycles. The van der Waals surface area contributed by atoms with Crippen molar-refractivity contribution in [1.82, 2.24) is 4.57 Å². The van der Waals surface area contributed by atoms with Crippen molar-refractivity contribution in [2.24, 2.45) is 0 Å². The number of hydrogen-bond donors (Lipinski definition) is 0. The lowest BCUT2D eigenvalue weighted by atomic mass is 9.82. The Balaban J connectivity index is 1.14. The minimum absolute atomic E-state index is 0.129. The van der Waals surface area contributed by atoms with Crippen LogP contribution in [0.3, 0.4) is 0 Å². The smallest absolute Gasteiger partial charge is 0.0547 e. The number of fused-ring (bicyclic) bond motifs is 10. The van der Waals surface area contributed by atoms with Crippen LogP contribution in [-0.2, 0) is 10.8 Å². The van der Waals surface area contributed by atoms with Crippen LogP contribution < -0.4 is 4.90 Å². The maximum Gasteiger partial charge on any atom is 0.0547 e. The van der Waals surface area contributed by atoms with Crippen molar-refractivity contribution in [2.45, 2.75) is 38.5 Å². The van der Waals surface area contributed by atoms with E-state index in [-0.39, 0.29) is 10.8 Å². The molecule has 2 heteroatoms. The van der Waals surface area contributed by atoms with Crippen molar-refractivity contribution in [3.8, 4) is 39.1 Å². The van der Waals surface area contributed by atoms with E-state index in [4.69, 9.17) is 0 Å². The Morgan fingerprint density at radius 3 is 1.78 bits per heavy atom. The molecule has 286 valence electrons. The van der Waals surface area contributed by atoms with E-state index in [1.54, 1.807) is 0 Å². The molecule has 1 aromatic heterocycles. The first-order valence-electron chi connectivity index (χ1n) is 21.2. The number of benzene rings is 9. The van der Waals surface area contributed by atoms with E-state index in [2.05, 4.69) is 231 Å². The molecule has 0 radical (unpaired) electrons. The molecule has 0 bridgehead atoms. The number of aromatic nitrogens is 1. The lowest BCUT2D eigenvalue weighted by Gasteiger charge is -2.31. The highest BCUT2D eigenvalue weighted by Crippen LogP contribution is 2.56. The third kappa shape index (κ3) is 4.76. The highest BCUT2D eigenvalue weighted by atomic mass is 15.1. The molecule has 0 N–H and O–H groups in total. The Hall–Kier alpha value is -7.16. The van der Waals surface area contributed by atoms with Crippen LogP contribution in [-0.4, -0.2) is 4.57 Å². The van der Waals surface area contributed by atoms with Crippen LogP contribution in [0.5, 0.6) is 0 Å². The number of hydrogen-bond acceptors (Lipinski definition) is 1.